The maximum atomic E-state index is 11.9. The number of nitrogens with zero attached hydrogens (tertiary/aromatic N) is 4. The normalized spacial score (nSPS) is 10.7. The molecule has 0 atom stereocenters. The molecule has 8 nitrogen and oxygen atoms in total. The number of nitrogen functional groups attached to an aromatic ring is 1. The first-order valence-corrected chi connectivity index (χ1v) is 6.67. The number of aromatic amines is 1. The van der Waals surface area contributed by atoms with Gasteiger partial charge < -0.3 is 11.1 Å². The molecule has 4 N–H and O–H groups in total. The Labute approximate surface area is 116 Å². The summed E-state index contributed by atoms with van der Waals surface area (Å²) in [5, 5.41) is 17.1. The minimum atomic E-state index is -0.250. The topological polar surface area (TPSA) is 115 Å². The van der Waals surface area contributed by atoms with Crippen molar-refractivity contribution < 1.29 is 4.79 Å². The molecule has 0 saturated heterocycles. The van der Waals surface area contributed by atoms with Crippen LogP contribution in [0.1, 0.15) is 35.9 Å². The standard InChI is InChI=1S/C12H19N7O/c1-2-4-9-10(13)11(17-16-9)12(20)14-5-3-7-19-8-6-15-18-19/h6,8H,2-5,7,13H2,1H3,(H,14,20)(H,16,17). The van der Waals surface area contributed by atoms with E-state index >= 15 is 0 Å². The summed E-state index contributed by atoms with van der Waals surface area (Å²) in [6.45, 7) is 3.29. The average molecular weight is 277 g/mol. The summed E-state index contributed by atoms with van der Waals surface area (Å²) in [6.07, 6.45) is 5.91. The van der Waals surface area contributed by atoms with Gasteiger partial charge in [-0.15, -0.1) is 5.10 Å². The fraction of sp³-hybridized carbons (Fsp3) is 0.500. The molecule has 2 rings (SSSR count). The molecule has 2 heterocycles. The van der Waals surface area contributed by atoms with Crippen molar-refractivity contribution in [1.29, 1.82) is 0 Å². The van der Waals surface area contributed by atoms with E-state index in [2.05, 4.69) is 25.8 Å². The Morgan fingerprint density at radius 1 is 1.55 bits per heavy atom. The van der Waals surface area contributed by atoms with E-state index in [-0.39, 0.29) is 11.6 Å². The molecule has 0 aliphatic carbocycles. The van der Waals surface area contributed by atoms with Gasteiger partial charge in [-0.1, -0.05) is 18.6 Å². The number of amides is 1. The quantitative estimate of drug-likeness (QED) is 0.632. The second kappa shape index (κ2) is 6.69. The number of hydrogen-bond donors (Lipinski definition) is 3. The molecular formula is C12H19N7O. The molecule has 0 bridgehead atoms. The highest BCUT2D eigenvalue weighted by molar-refractivity contribution is 5.97. The van der Waals surface area contributed by atoms with Crippen LogP contribution in [0, 0.1) is 0 Å². The number of rotatable bonds is 7. The van der Waals surface area contributed by atoms with Crippen LogP contribution < -0.4 is 11.1 Å². The van der Waals surface area contributed by atoms with E-state index < -0.39 is 0 Å². The van der Waals surface area contributed by atoms with Gasteiger partial charge in [0.2, 0.25) is 0 Å². The Morgan fingerprint density at radius 3 is 3.10 bits per heavy atom. The predicted octanol–water partition coefficient (Wildman–Crippen LogP) is 0.356. The molecular weight excluding hydrogens is 258 g/mol. The van der Waals surface area contributed by atoms with Crippen molar-refractivity contribution in [3.8, 4) is 0 Å². The first-order valence-electron chi connectivity index (χ1n) is 6.67. The first-order chi connectivity index (χ1) is 9.72. The Morgan fingerprint density at radius 2 is 2.40 bits per heavy atom. The zero-order valence-corrected chi connectivity index (χ0v) is 11.5. The minimum absolute atomic E-state index is 0.250. The largest absolute Gasteiger partial charge is 0.395 e. The molecule has 8 heteroatoms. The highest BCUT2D eigenvalue weighted by Crippen LogP contribution is 2.15. The molecule has 0 fully saturated rings. The van der Waals surface area contributed by atoms with Crippen LogP contribution in [-0.4, -0.2) is 37.6 Å². The van der Waals surface area contributed by atoms with Gasteiger partial charge in [0.25, 0.3) is 5.91 Å². The van der Waals surface area contributed by atoms with Gasteiger partial charge in [-0.05, 0) is 12.8 Å². The van der Waals surface area contributed by atoms with Crippen molar-refractivity contribution in [3.05, 3.63) is 23.8 Å². The van der Waals surface area contributed by atoms with Gasteiger partial charge in [-0.25, -0.2) is 0 Å². The minimum Gasteiger partial charge on any atom is -0.395 e. The smallest absolute Gasteiger partial charge is 0.273 e. The van der Waals surface area contributed by atoms with Gasteiger partial charge in [0.05, 0.1) is 17.6 Å². The van der Waals surface area contributed by atoms with E-state index in [4.69, 9.17) is 5.73 Å². The Balaban J connectivity index is 1.79. The lowest BCUT2D eigenvalue weighted by Crippen LogP contribution is -2.26. The second-order valence-electron chi connectivity index (χ2n) is 4.49. The van der Waals surface area contributed by atoms with Crippen LogP contribution in [0.3, 0.4) is 0 Å². The molecule has 2 aromatic heterocycles. The molecule has 0 aromatic carbocycles. The SMILES string of the molecule is CCCc1[nH]nc(C(=O)NCCCn2ccnn2)c1N. The van der Waals surface area contributed by atoms with E-state index in [9.17, 15) is 4.79 Å². The van der Waals surface area contributed by atoms with Crippen LogP contribution in [-0.2, 0) is 13.0 Å². The number of aryl methyl sites for hydroxylation is 2. The number of anilines is 1. The van der Waals surface area contributed by atoms with Gasteiger partial charge in [-0.2, -0.15) is 5.10 Å². The van der Waals surface area contributed by atoms with E-state index in [0.29, 0.717) is 18.8 Å². The van der Waals surface area contributed by atoms with Gasteiger partial charge in [0.1, 0.15) is 0 Å². The maximum absolute atomic E-state index is 11.9. The second-order valence-corrected chi connectivity index (χ2v) is 4.49. The number of aromatic nitrogens is 5. The molecule has 108 valence electrons. The Bertz CT molecular complexity index is 546. The average Bonchev–Trinajstić information content (AvgIpc) is 3.06. The number of carbonyl (C=O) groups is 1. The molecule has 1 amide bonds. The maximum Gasteiger partial charge on any atom is 0.273 e. The van der Waals surface area contributed by atoms with Crippen LogP contribution in [0.15, 0.2) is 12.4 Å². The van der Waals surface area contributed by atoms with Crippen molar-refractivity contribution in [2.24, 2.45) is 0 Å². The Hall–Kier alpha value is -2.38. The van der Waals surface area contributed by atoms with Crippen molar-refractivity contribution in [3.63, 3.8) is 0 Å². The van der Waals surface area contributed by atoms with Crippen LogP contribution in [0.2, 0.25) is 0 Å². The van der Waals surface area contributed by atoms with E-state index in [1.165, 1.54) is 0 Å². The van der Waals surface area contributed by atoms with Gasteiger partial charge in [-0.3, -0.25) is 14.6 Å². The van der Waals surface area contributed by atoms with E-state index in [0.717, 1.165) is 25.0 Å². The van der Waals surface area contributed by atoms with Gasteiger partial charge >= 0.3 is 0 Å². The fourth-order valence-corrected chi connectivity index (χ4v) is 1.88. The van der Waals surface area contributed by atoms with Crippen molar-refractivity contribution in [1.82, 2.24) is 30.5 Å². The molecule has 2 aromatic rings. The van der Waals surface area contributed by atoms with Gasteiger partial charge in [0.15, 0.2) is 5.69 Å². The highest BCUT2D eigenvalue weighted by atomic mass is 16.1. The molecule has 0 aliphatic heterocycles. The third-order valence-corrected chi connectivity index (χ3v) is 2.92. The number of nitrogens with one attached hydrogen (secondary N) is 2. The van der Waals surface area contributed by atoms with E-state index in [1.54, 1.807) is 17.1 Å². The van der Waals surface area contributed by atoms with Crippen LogP contribution >= 0.6 is 0 Å². The zero-order valence-electron chi connectivity index (χ0n) is 11.5. The zero-order chi connectivity index (χ0) is 14.4. The number of hydrogen-bond acceptors (Lipinski definition) is 5. The number of nitrogens with two attached hydrogens (primary N) is 1. The monoisotopic (exact) mass is 277 g/mol. The summed E-state index contributed by atoms with van der Waals surface area (Å²) in [6, 6.07) is 0. The third-order valence-electron chi connectivity index (χ3n) is 2.92. The highest BCUT2D eigenvalue weighted by Gasteiger charge is 2.16. The molecule has 0 spiro atoms. The van der Waals surface area contributed by atoms with Crippen molar-refractivity contribution >= 4 is 11.6 Å². The van der Waals surface area contributed by atoms with Gasteiger partial charge in [0, 0.05) is 19.3 Å². The van der Waals surface area contributed by atoms with E-state index in [1.807, 2.05) is 6.92 Å². The van der Waals surface area contributed by atoms with Crippen LogP contribution in [0.4, 0.5) is 5.69 Å². The molecule has 0 aliphatic rings. The summed E-state index contributed by atoms with van der Waals surface area (Å²) in [7, 11) is 0. The summed E-state index contributed by atoms with van der Waals surface area (Å²) < 4.78 is 1.72. The van der Waals surface area contributed by atoms with Crippen molar-refractivity contribution in [2.75, 3.05) is 12.3 Å². The predicted molar refractivity (Wildman–Crippen MR) is 74.0 cm³/mol. The van der Waals surface area contributed by atoms with Crippen molar-refractivity contribution in [2.45, 2.75) is 32.7 Å². The number of H-pyrrole nitrogens is 1. The lowest BCUT2D eigenvalue weighted by molar-refractivity contribution is 0.0948. The summed E-state index contributed by atoms with van der Waals surface area (Å²) in [5.41, 5.74) is 7.43. The van der Waals surface area contributed by atoms with Crippen LogP contribution in [0.5, 0.6) is 0 Å². The summed E-state index contributed by atoms with van der Waals surface area (Å²) >= 11 is 0. The molecule has 20 heavy (non-hydrogen) atoms. The lowest BCUT2D eigenvalue weighted by atomic mass is 10.2. The van der Waals surface area contributed by atoms with Crippen LogP contribution in [0.25, 0.3) is 0 Å². The molecule has 0 saturated carbocycles. The molecule has 0 unspecified atom stereocenters. The summed E-state index contributed by atoms with van der Waals surface area (Å²) in [4.78, 5) is 11.9. The third kappa shape index (κ3) is 3.34. The number of carbonyl (C=O) groups excluding carboxylic acids is 1. The molecule has 0 radical (unpaired) electrons. The summed E-state index contributed by atoms with van der Waals surface area (Å²) in [5.74, 6) is -0.250. The Kier molecular flexibility index (Phi) is 4.70. The lowest BCUT2D eigenvalue weighted by Gasteiger charge is -2.04. The first kappa shape index (κ1) is 14.0. The fourth-order valence-electron chi connectivity index (χ4n) is 1.88.